The van der Waals surface area contributed by atoms with Crippen LogP contribution in [0.4, 0.5) is 0 Å². The Kier molecular flexibility index (Phi) is 6.20. The number of carbonyl (C=O) groups is 3. The Morgan fingerprint density at radius 3 is 2.55 bits per heavy atom. The Balaban J connectivity index is 1.89. The summed E-state index contributed by atoms with van der Waals surface area (Å²) in [5, 5.41) is 10.2. The molecule has 8 nitrogen and oxygen atoms in total. The third-order valence-corrected chi connectivity index (χ3v) is 7.41. The smallest absolute Gasteiger partial charge is 0.312 e. The Hall–Kier alpha value is -2.19. The molecule has 2 amide bonds. The zero-order chi connectivity index (χ0) is 24.1. The van der Waals surface area contributed by atoms with Crippen molar-refractivity contribution in [3.8, 4) is 0 Å². The van der Waals surface area contributed by atoms with Gasteiger partial charge in [0.2, 0.25) is 11.8 Å². The molecule has 0 bridgehead atoms. The SMILES string of the molecule is CC(C)[C@H](CO)N1C(=O)[C@@H]2[C@@H]3C(=O)OCCC/C=C\[C@@H]3O[C@@]23C=CCN(C(C)(C)C)C(=O)C13. The first-order valence-electron chi connectivity index (χ1n) is 12.0. The summed E-state index contributed by atoms with van der Waals surface area (Å²) in [7, 11) is 0. The van der Waals surface area contributed by atoms with Gasteiger partial charge in [-0.1, -0.05) is 38.2 Å². The second kappa shape index (κ2) is 8.55. The maximum Gasteiger partial charge on any atom is 0.312 e. The van der Waals surface area contributed by atoms with Gasteiger partial charge in [-0.15, -0.1) is 0 Å². The van der Waals surface area contributed by atoms with Crippen LogP contribution >= 0.6 is 0 Å². The average molecular weight is 461 g/mol. The number of allylic oxidation sites excluding steroid dienone is 1. The van der Waals surface area contributed by atoms with Crippen LogP contribution in [0.2, 0.25) is 0 Å². The fourth-order valence-corrected chi connectivity index (χ4v) is 5.77. The molecule has 8 heteroatoms. The lowest BCUT2D eigenvalue weighted by Crippen LogP contribution is -2.61. The fourth-order valence-electron chi connectivity index (χ4n) is 5.77. The second-order valence-electron chi connectivity index (χ2n) is 10.8. The molecule has 0 aromatic heterocycles. The number of likely N-dealkylation sites (tertiary alicyclic amines) is 1. The van der Waals surface area contributed by atoms with Crippen molar-refractivity contribution in [3.05, 3.63) is 24.3 Å². The Morgan fingerprint density at radius 1 is 1.18 bits per heavy atom. The van der Waals surface area contributed by atoms with E-state index in [-0.39, 0.29) is 30.9 Å². The van der Waals surface area contributed by atoms with Crippen LogP contribution in [0.5, 0.6) is 0 Å². The van der Waals surface area contributed by atoms with E-state index >= 15 is 0 Å². The minimum atomic E-state index is -1.30. The number of nitrogens with zero attached hydrogens (tertiary/aromatic N) is 2. The van der Waals surface area contributed by atoms with Crippen LogP contribution < -0.4 is 0 Å². The lowest BCUT2D eigenvalue weighted by Gasteiger charge is -2.42. The van der Waals surface area contributed by atoms with Crippen molar-refractivity contribution in [2.75, 3.05) is 19.8 Å². The maximum atomic E-state index is 14.1. The summed E-state index contributed by atoms with van der Waals surface area (Å²) in [4.78, 5) is 44.5. The number of cyclic esters (lactones) is 1. The molecule has 4 heterocycles. The van der Waals surface area contributed by atoms with Crippen LogP contribution in [0.1, 0.15) is 47.5 Å². The van der Waals surface area contributed by atoms with E-state index in [1.807, 2.05) is 58.9 Å². The molecule has 0 aromatic carbocycles. The van der Waals surface area contributed by atoms with E-state index in [1.165, 1.54) is 4.90 Å². The third-order valence-electron chi connectivity index (χ3n) is 7.41. The lowest BCUT2D eigenvalue weighted by atomic mass is 9.78. The van der Waals surface area contributed by atoms with E-state index in [0.29, 0.717) is 13.0 Å². The fraction of sp³-hybridized carbons (Fsp3) is 0.720. The van der Waals surface area contributed by atoms with Crippen LogP contribution in [0, 0.1) is 17.8 Å². The molecular weight excluding hydrogens is 424 g/mol. The van der Waals surface area contributed by atoms with Crippen molar-refractivity contribution in [2.24, 2.45) is 17.8 Å². The highest BCUT2D eigenvalue weighted by atomic mass is 16.6. The number of hydrogen-bond acceptors (Lipinski definition) is 6. The molecule has 0 saturated carbocycles. The van der Waals surface area contributed by atoms with Gasteiger partial charge in [0, 0.05) is 12.1 Å². The molecule has 1 spiro atoms. The molecule has 4 rings (SSSR count). The summed E-state index contributed by atoms with van der Waals surface area (Å²) in [5.74, 6) is -2.86. The topological polar surface area (TPSA) is 96.4 Å². The first kappa shape index (κ1) is 24.0. The summed E-state index contributed by atoms with van der Waals surface area (Å²) in [6, 6.07) is -1.55. The second-order valence-corrected chi connectivity index (χ2v) is 10.8. The Morgan fingerprint density at radius 2 is 1.91 bits per heavy atom. The van der Waals surface area contributed by atoms with Gasteiger partial charge in [-0.2, -0.15) is 0 Å². The van der Waals surface area contributed by atoms with Crippen LogP contribution in [-0.2, 0) is 23.9 Å². The first-order chi connectivity index (χ1) is 15.5. The van der Waals surface area contributed by atoms with Gasteiger partial charge < -0.3 is 24.4 Å². The van der Waals surface area contributed by atoms with Crippen molar-refractivity contribution in [2.45, 2.75) is 76.8 Å². The zero-order valence-electron chi connectivity index (χ0n) is 20.2. The maximum absolute atomic E-state index is 14.1. The van der Waals surface area contributed by atoms with E-state index in [0.717, 1.165) is 6.42 Å². The number of amides is 2. The van der Waals surface area contributed by atoms with E-state index in [2.05, 4.69) is 0 Å². The minimum absolute atomic E-state index is 0.0962. The molecular formula is C25H36N2O6. The number of esters is 1. The molecule has 182 valence electrons. The number of aliphatic hydroxyl groups is 1. The van der Waals surface area contributed by atoms with Gasteiger partial charge in [-0.05, 0) is 39.5 Å². The summed E-state index contributed by atoms with van der Waals surface area (Å²) in [6.45, 7) is 10.1. The van der Waals surface area contributed by atoms with Gasteiger partial charge in [-0.25, -0.2) is 0 Å². The summed E-state index contributed by atoms with van der Waals surface area (Å²) in [5.41, 5.74) is -1.78. The summed E-state index contributed by atoms with van der Waals surface area (Å²) in [6.07, 6.45) is 8.29. The number of ether oxygens (including phenoxy) is 2. The zero-order valence-corrected chi connectivity index (χ0v) is 20.2. The highest BCUT2D eigenvalue weighted by molar-refractivity contribution is 5.99. The average Bonchev–Trinajstić information content (AvgIpc) is 3.13. The van der Waals surface area contributed by atoms with Gasteiger partial charge in [0.25, 0.3) is 0 Å². The molecule has 1 unspecified atom stereocenters. The molecule has 2 fully saturated rings. The van der Waals surface area contributed by atoms with Crippen molar-refractivity contribution < 1.29 is 29.0 Å². The molecule has 4 aliphatic rings. The number of carbonyl (C=O) groups excluding carboxylic acids is 3. The van der Waals surface area contributed by atoms with Crippen molar-refractivity contribution in [1.82, 2.24) is 9.80 Å². The Bertz CT molecular complexity index is 875. The van der Waals surface area contributed by atoms with E-state index in [1.54, 1.807) is 4.90 Å². The van der Waals surface area contributed by atoms with Gasteiger partial charge in [0.1, 0.15) is 17.6 Å². The quantitative estimate of drug-likeness (QED) is 0.509. The van der Waals surface area contributed by atoms with Crippen LogP contribution in [0.3, 0.4) is 0 Å². The Labute approximate surface area is 195 Å². The monoisotopic (exact) mass is 460 g/mol. The molecule has 4 aliphatic heterocycles. The van der Waals surface area contributed by atoms with Gasteiger partial charge in [0.05, 0.1) is 31.3 Å². The lowest BCUT2D eigenvalue weighted by molar-refractivity contribution is -0.158. The van der Waals surface area contributed by atoms with Crippen molar-refractivity contribution >= 4 is 17.8 Å². The van der Waals surface area contributed by atoms with E-state index in [9.17, 15) is 19.5 Å². The largest absolute Gasteiger partial charge is 0.465 e. The highest BCUT2D eigenvalue weighted by Crippen LogP contribution is 2.54. The van der Waals surface area contributed by atoms with Crippen molar-refractivity contribution in [3.63, 3.8) is 0 Å². The summed E-state index contributed by atoms with van der Waals surface area (Å²) >= 11 is 0. The van der Waals surface area contributed by atoms with E-state index < -0.39 is 47.1 Å². The molecule has 1 N–H and O–H groups in total. The number of aliphatic hydroxyl groups excluding tert-OH is 1. The number of fused-ring (bicyclic) bond motifs is 2. The number of rotatable bonds is 3. The molecule has 0 aliphatic carbocycles. The normalized spacial score (nSPS) is 36.4. The molecule has 6 atom stereocenters. The van der Waals surface area contributed by atoms with Gasteiger partial charge >= 0.3 is 5.97 Å². The van der Waals surface area contributed by atoms with E-state index in [4.69, 9.17) is 9.47 Å². The first-order valence-corrected chi connectivity index (χ1v) is 12.0. The molecule has 0 radical (unpaired) electrons. The molecule has 0 aromatic rings. The van der Waals surface area contributed by atoms with Crippen LogP contribution in [-0.4, -0.2) is 81.8 Å². The van der Waals surface area contributed by atoms with Gasteiger partial charge in [0.15, 0.2) is 0 Å². The third kappa shape index (κ3) is 3.71. The molecule has 33 heavy (non-hydrogen) atoms. The number of hydrogen-bond donors (Lipinski definition) is 1. The van der Waals surface area contributed by atoms with Crippen molar-refractivity contribution in [1.29, 1.82) is 0 Å². The molecule has 2 saturated heterocycles. The van der Waals surface area contributed by atoms with Gasteiger partial charge in [-0.3, -0.25) is 14.4 Å². The predicted octanol–water partition coefficient (Wildman–Crippen LogP) is 1.67. The highest BCUT2D eigenvalue weighted by Gasteiger charge is 2.72. The van der Waals surface area contributed by atoms with Crippen LogP contribution in [0.25, 0.3) is 0 Å². The summed E-state index contributed by atoms with van der Waals surface area (Å²) < 4.78 is 12.1. The minimum Gasteiger partial charge on any atom is -0.465 e. The predicted molar refractivity (Wildman–Crippen MR) is 121 cm³/mol. The standard InChI is InChI=1S/C25H36N2O6/c1-15(2)16(14-28)27-20-22(30)26(24(3,4)5)12-9-11-25(20)19(21(27)29)18-17(33-25)10-7-6-8-13-32-23(18)31/h7,9-11,15-20,28H,6,8,12-14H2,1-5H3/b10-7-/t16-,17-,18+,19-,20?,25-/m0/s1. The van der Waals surface area contributed by atoms with Crippen LogP contribution in [0.15, 0.2) is 24.3 Å².